The van der Waals surface area contributed by atoms with Gasteiger partial charge in [-0.2, -0.15) is 0 Å². The van der Waals surface area contributed by atoms with Crippen LogP contribution in [0.5, 0.6) is 0 Å². The van der Waals surface area contributed by atoms with Crippen LogP contribution in [0.4, 0.5) is 0 Å². The zero-order chi connectivity index (χ0) is 12.4. The van der Waals surface area contributed by atoms with E-state index in [0.717, 1.165) is 24.2 Å². The average molecular weight is 248 g/mol. The second-order valence-corrected chi connectivity index (χ2v) is 7.14. The summed E-state index contributed by atoms with van der Waals surface area (Å²) in [6, 6.07) is 0. The van der Waals surface area contributed by atoms with Crippen LogP contribution in [0, 0.1) is 23.7 Å². The van der Waals surface area contributed by atoms with E-state index in [1.165, 1.54) is 70.6 Å². The van der Waals surface area contributed by atoms with Crippen molar-refractivity contribution in [1.29, 1.82) is 0 Å². The van der Waals surface area contributed by atoms with Gasteiger partial charge < -0.3 is 0 Å². The smallest absolute Gasteiger partial charge is 0.136 e. The first-order valence-corrected chi connectivity index (χ1v) is 8.35. The van der Waals surface area contributed by atoms with E-state index < -0.39 is 0 Å². The highest BCUT2D eigenvalue weighted by molar-refractivity contribution is 5.81. The van der Waals surface area contributed by atoms with Crippen LogP contribution in [0.2, 0.25) is 0 Å². The lowest BCUT2D eigenvalue weighted by Gasteiger charge is -2.39. The molecule has 18 heavy (non-hydrogen) atoms. The van der Waals surface area contributed by atoms with Crippen LogP contribution in [-0.4, -0.2) is 5.78 Å². The number of carbonyl (C=O) groups excluding carboxylic acids is 1. The quantitative estimate of drug-likeness (QED) is 0.705. The number of hydrogen-bond acceptors (Lipinski definition) is 1. The van der Waals surface area contributed by atoms with E-state index >= 15 is 0 Å². The van der Waals surface area contributed by atoms with Crippen molar-refractivity contribution in [2.24, 2.45) is 23.7 Å². The van der Waals surface area contributed by atoms with Crippen molar-refractivity contribution in [2.75, 3.05) is 0 Å². The minimum Gasteiger partial charge on any atom is -0.299 e. The first kappa shape index (κ1) is 12.7. The first-order chi connectivity index (χ1) is 8.83. The fraction of sp³-hybridized carbons (Fsp3) is 0.941. The fourth-order valence-corrected chi connectivity index (χ4v) is 4.83. The lowest BCUT2D eigenvalue weighted by molar-refractivity contribution is -0.126. The number of hydrogen-bond donors (Lipinski definition) is 0. The van der Waals surface area contributed by atoms with Crippen LogP contribution < -0.4 is 0 Å². The van der Waals surface area contributed by atoms with E-state index in [-0.39, 0.29) is 0 Å². The van der Waals surface area contributed by atoms with Crippen LogP contribution in [0.3, 0.4) is 0 Å². The van der Waals surface area contributed by atoms with Gasteiger partial charge in [0.15, 0.2) is 0 Å². The standard InChI is InChI=1S/C17H28O/c18-17(11-13-5-1-2-6-13)16-10-9-14-7-3-4-8-15(14)12-16/h13-16H,1-12H2. The molecule has 3 atom stereocenters. The zero-order valence-corrected chi connectivity index (χ0v) is 11.7. The monoisotopic (exact) mass is 248 g/mol. The minimum absolute atomic E-state index is 0.449. The summed E-state index contributed by atoms with van der Waals surface area (Å²) in [5.74, 6) is 3.72. The van der Waals surface area contributed by atoms with Crippen molar-refractivity contribution in [2.45, 2.75) is 77.0 Å². The van der Waals surface area contributed by atoms with Gasteiger partial charge in [-0.25, -0.2) is 0 Å². The topological polar surface area (TPSA) is 17.1 Å². The highest BCUT2D eigenvalue weighted by Gasteiger charge is 2.35. The molecule has 3 saturated carbocycles. The lowest BCUT2D eigenvalue weighted by Crippen LogP contribution is -2.31. The largest absolute Gasteiger partial charge is 0.299 e. The number of fused-ring (bicyclic) bond motifs is 1. The molecule has 1 nitrogen and oxygen atoms in total. The van der Waals surface area contributed by atoms with Gasteiger partial charge >= 0.3 is 0 Å². The van der Waals surface area contributed by atoms with Crippen LogP contribution in [-0.2, 0) is 4.79 Å². The third kappa shape index (κ3) is 2.81. The SMILES string of the molecule is O=C(CC1CCCC1)C1CCC2CCCCC2C1. The summed E-state index contributed by atoms with van der Waals surface area (Å²) < 4.78 is 0. The molecule has 102 valence electrons. The molecule has 0 heterocycles. The molecule has 0 aromatic heterocycles. The summed E-state index contributed by atoms with van der Waals surface area (Å²) >= 11 is 0. The minimum atomic E-state index is 0.449. The van der Waals surface area contributed by atoms with E-state index in [9.17, 15) is 4.79 Å². The van der Waals surface area contributed by atoms with Crippen molar-refractivity contribution >= 4 is 5.78 Å². The Bertz CT molecular complexity index is 290. The molecule has 0 N–H and O–H groups in total. The van der Waals surface area contributed by atoms with E-state index in [1.807, 2.05) is 0 Å². The molecule has 0 aliphatic heterocycles. The average Bonchev–Trinajstić information content (AvgIpc) is 2.91. The van der Waals surface area contributed by atoms with Gasteiger partial charge in [0.25, 0.3) is 0 Å². The second kappa shape index (κ2) is 5.75. The molecule has 3 rings (SSSR count). The molecule has 3 aliphatic carbocycles. The van der Waals surface area contributed by atoms with Crippen molar-refractivity contribution < 1.29 is 4.79 Å². The van der Waals surface area contributed by atoms with E-state index in [2.05, 4.69) is 0 Å². The molecule has 0 spiro atoms. The molecule has 0 aromatic rings. The fourth-order valence-electron chi connectivity index (χ4n) is 4.83. The molecule has 3 unspecified atom stereocenters. The van der Waals surface area contributed by atoms with Crippen LogP contribution in [0.1, 0.15) is 77.0 Å². The third-order valence-electron chi connectivity index (χ3n) is 5.96. The van der Waals surface area contributed by atoms with Gasteiger partial charge in [-0.3, -0.25) is 4.79 Å². The Morgan fingerprint density at radius 2 is 1.44 bits per heavy atom. The van der Waals surface area contributed by atoms with Gasteiger partial charge in [0.05, 0.1) is 0 Å². The normalized spacial score (nSPS) is 37.4. The van der Waals surface area contributed by atoms with Gasteiger partial charge in [0, 0.05) is 12.3 Å². The molecule has 0 aromatic carbocycles. The Morgan fingerprint density at radius 1 is 0.778 bits per heavy atom. The molecule has 0 bridgehead atoms. The summed E-state index contributed by atoms with van der Waals surface area (Å²) in [6.07, 6.45) is 15.9. The maximum atomic E-state index is 12.4. The number of rotatable bonds is 3. The molecular weight excluding hydrogens is 220 g/mol. The lowest BCUT2D eigenvalue weighted by atomic mass is 9.66. The number of carbonyl (C=O) groups is 1. The highest BCUT2D eigenvalue weighted by Crippen LogP contribution is 2.43. The molecule has 0 radical (unpaired) electrons. The Hall–Kier alpha value is -0.330. The van der Waals surface area contributed by atoms with Gasteiger partial charge in [-0.05, 0) is 37.0 Å². The maximum Gasteiger partial charge on any atom is 0.136 e. The zero-order valence-electron chi connectivity index (χ0n) is 11.7. The Labute approximate surface area is 112 Å². The predicted octanol–water partition coefficient (Wildman–Crippen LogP) is 4.74. The summed E-state index contributed by atoms with van der Waals surface area (Å²) in [5.41, 5.74) is 0. The van der Waals surface area contributed by atoms with Gasteiger partial charge in [0.1, 0.15) is 5.78 Å². The van der Waals surface area contributed by atoms with E-state index in [4.69, 9.17) is 0 Å². The van der Waals surface area contributed by atoms with Crippen molar-refractivity contribution in [3.63, 3.8) is 0 Å². The van der Waals surface area contributed by atoms with Gasteiger partial charge in [0.2, 0.25) is 0 Å². The molecular formula is C17H28O. The summed E-state index contributed by atoms with van der Waals surface area (Å²) in [5, 5.41) is 0. The highest BCUT2D eigenvalue weighted by atomic mass is 16.1. The summed E-state index contributed by atoms with van der Waals surface area (Å²) in [4.78, 5) is 12.4. The summed E-state index contributed by atoms with van der Waals surface area (Å²) in [6.45, 7) is 0. The van der Waals surface area contributed by atoms with Crippen LogP contribution in [0.25, 0.3) is 0 Å². The Morgan fingerprint density at radius 3 is 2.22 bits per heavy atom. The van der Waals surface area contributed by atoms with E-state index in [0.29, 0.717) is 11.7 Å². The van der Waals surface area contributed by atoms with Gasteiger partial charge in [-0.15, -0.1) is 0 Å². The van der Waals surface area contributed by atoms with Crippen molar-refractivity contribution in [3.05, 3.63) is 0 Å². The second-order valence-electron chi connectivity index (χ2n) is 7.14. The van der Waals surface area contributed by atoms with Crippen LogP contribution in [0.15, 0.2) is 0 Å². The maximum absolute atomic E-state index is 12.4. The van der Waals surface area contributed by atoms with Gasteiger partial charge in [-0.1, -0.05) is 51.4 Å². The third-order valence-corrected chi connectivity index (χ3v) is 5.96. The van der Waals surface area contributed by atoms with Crippen LogP contribution >= 0.6 is 0 Å². The van der Waals surface area contributed by atoms with Crippen molar-refractivity contribution in [1.82, 2.24) is 0 Å². The van der Waals surface area contributed by atoms with Crippen molar-refractivity contribution in [3.8, 4) is 0 Å². The first-order valence-electron chi connectivity index (χ1n) is 8.35. The van der Waals surface area contributed by atoms with E-state index in [1.54, 1.807) is 0 Å². The predicted molar refractivity (Wildman–Crippen MR) is 74.4 cm³/mol. The summed E-state index contributed by atoms with van der Waals surface area (Å²) in [7, 11) is 0. The number of ketones is 1. The molecule has 0 saturated heterocycles. The molecule has 3 aliphatic rings. The Balaban J connectivity index is 1.51. The molecule has 0 amide bonds. The number of Topliss-reactive ketones (excluding diaryl/α,β-unsaturated/α-hetero) is 1. The molecule has 3 fully saturated rings. The Kier molecular flexibility index (Phi) is 4.06. The molecule has 1 heteroatoms.